The summed E-state index contributed by atoms with van der Waals surface area (Å²) in [6, 6.07) is -0.150. The Morgan fingerprint density at radius 2 is 1.70 bits per heavy atom. The molecule has 3 heteroatoms. The van der Waals surface area contributed by atoms with Crippen LogP contribution in [0.15, 0.2) is 0 Å². The van der Waals surface area contributed by atoms with Crippen molar-refractivity contribution in [2.45, 2.75) is 31.7 Å². The molecular formula is C7H11NO2. The molecule has 2 aliphatic rings. The van der Waals surface area contributed by atoms with Gasteiger partial charge in [-0.1, -0.05) is 12.8 Å². The van der Waals surface area contributed by atoms with Gasteiger partial charge in [0.05, 0.1) is 0 Å². The summed E-state index contributed by atoms with van der Waals surface area (Å²) in [6.45, 7) is 0. The summed E-state index contributed by atoms with van der Waals surface area (Å²) in [5.41, 5.74) is 0. The second-order valence-corrected chi connectivity index (χ2v) is 3.39. The molecule has 0 aromatic rings. The summed E-state index contributed by atoms with van der Waals surface area (Å²) in [5.74, 6) is 0.924. The molecule has 0 N–H and O–H groups in total. The fourth-order valence-electron chi connectivity index (χ4n) is 2.27. The summed E-state index contributed by atoms with van der Waals surface area (Å²) in [7, 11) is 0. The lowest BCUT2D eigenvalue weighted by Crippen LogP contribution is -2.03. The van der Waals surface area contributed by atoms with Gasteiger partial charge in [0.15, 0.2) is 0 Å². The van der Waals surface area contributed by atoms with E-state index in [1.54, 1.807) is 0 Å². The summed E-state index contributed by atoms with van der Waals surface area (Å²) >= 11 is 0. The molecule has 0 radical (unpaired) electrons. The Morgan fingerprint density at radius 3 is 2.10 bits per heavy atom. The van der Waals surface area contributed by atoms with E-state index in [-0.39, 0.29) is 11.0 Å². The van der Waals surface area contributed by atoms with Gasteiger partial charge < -0.3 is 0 Å². The summed E-state index contributed by atoms with van der Waals surface area (Å²) < 4.78 is 0. The molecule has 10 heavy (non-hydrogen) atoms. The molecule has 0 unspecified atom stereocenters. The number of rotatable bonds is 1. The molecule has 0 bridgehead atoms. The molecule has 2 atom stereocenters. The Balaban J connectivity index is 1.99. The van der Waals surface area contributed by atoms with Crippen LogP contribution in [0.4, 0.5) is 0 Å². The van der Waals surface area contributed by atoms with Gasteiger partial charge in [0, 0.05) is 16.8 Å². The maximum absolute atomic E-state index is 10.3. The summed E-state index contributed by atoms with van der Waals surface area (Å²) in [4.78, 5) is 10.3. The van der Waals surface area contributed by atoms with Crippen LogP contribution in [0, 0.1) is 22.0 Å². The van der Waals surface area contributed by atoms with Crippen LogP contribution in [0.1, 0.15) is 25.7 Å². The minimum absolute atomic E-state index is 0.0827. The third-order valence-electron chi connectivity index (χ3n) is 2.85. The average molecular weight is 141 g/mol. The number of hydrogen-bond acceptors (Lipinski definition) is 2. The monoisotopic (exact) mass is 141 g/mol. The Labute approximate surface area is 59.6 Å². The number of nitrogens with zero attached hydrogens (tertiary/aromatic N) is 1. The fourth-order valence-corrected chi connectivity index (χ4v) is 2.27. The second-order valence-electron chi connectivity index (χ2n) is 3.39. The molecule has 0 heterocycles. The first-order valence-corrected chi connectivity index (χ1v) is 3.94. The summed E-state index contributed by atoms with van der Waals surface area (Å²) in [6.07, 6.45) is 4.64. The normalized spacial score (nSPS) is 44.2. The van der Waals surface area contributed by atoms with Crippen molar-refractivity contribution in [2.75, 3.05) is 0 Å². The molecule has 3 nitrogen and oxygen atoms in total. The van der Waals surface area contributed by atoms with Gasteiger partial charge in [-0.15, -0.1) is 0 Å². The number of nitro groups is 1. The van der Waals surface area contributed by atoms with Crippen molar-refractivity contribution in [3.05, 3.63) is 10.1 Å². The number of hydrogen-bond donors (Lipinski definition) is 0. The van der Waals surface area contributed by atoms with Gasteiger partial charge in [-0.3, -0.25) is 10.1 Å². The Hall–Kier alpha value is -0.600. The molecular weight excluding hydrogens is 130 g/mol. The highest BCUT2D eigenvalue weighted by Gasteiger charge is 2.60. The molecule has 56 valence electrons. The van der Waals surface area contributed by atoms with Crippen molar-refractivity contribution in [2.24, 2.45) is 11.8 Å². The topological polar surface area (TPSA) is 43.1 Å². The van der Waals surface area contributed by atoms with E-state index < -0.39 is 0 Å². The molecule has 0 amide bonds. The van der Waals surface area contributed by atoms with Crippen molar-refractivity contribution in [1.82, 2.24) is 0 Å². The Bertz CT molecular complexity index is 157. The lowest BCUT2D eigenvalue weighted by atomic mass is 10.0. The highest BCUT2D eigenvalue weighted by Crippen LogP contribution is 2.51. The van der Waals surface area contributed by atoms with Gasteiger partial charge in [-0.25, -0.2) is 0 Å². The van der Waals surface area contributed by atoms with Gasteiger partial charge >= 0.3 is 0 Å². The van der Waals surface area contributed by atoms with E-state index in [1.807, 2.05) is 0 Å². The van der Waals surface area contributed by atoms with E-state index in [1.165, 1.54) is 12.8 Å². The standard InChI is InChI=1S/C7H11NO2/c9-8(10)7-5-3-1-2-4-6(5)7/h5-7H,1-4H2/t5-,6-/m0/s1. The Morgan fingerprint density at radius 1 is 1.20 bits per heavy atom. The first kappa shape index (κ1) is 6.13. The van der Waals surface area contributed by atoms with Gasteiger partial charge in [0.25, 0.3) is 0 Å². The third kappa shape index (κ3) is 0.728. The molecule has 0 aliphatic heterocycles. The van der Waals surface area contributed by atoms with E-state index in [2.05, 4.69) is 0 Å². The highest BCUT2D eigenvalue weighted by atomic mass is 16.6. The van der Waals surface area contributed by atoms with Crippen LogP contribution in [0.25, 0.3) is 0 Å². The van der Waals surface area contributed by atoms with Crippen LogP contribution in [0.5, 0.6) is 0 Å². The van der Waals surface area contributed by atoms with Crippen LogP contribution in [-0.4, -0.2) is 11.0 Å². The SMILES string of the molecule is O=[N+]([O-])C1[C@H]2CCCC[C@H]12. The molecule has 2 saturated carbocycles. The van der Waals surface area contributed by atoms with E-state index >= 15 is 0 Å². The average Bonchev–Trinajstić information content (AvgIpc) is 2.60. The van der Waals surface area contributed by atoms with E-state index in [9.17, 15) is 10.1 Å². The van der Waals surface area contributed by atoms with Crippen molar-refractivity contribution >= 4 is 0 Å². The maximum Gasteiger partial charge on any atom is 0.219 e. The molecule has 0 aromatic heterocycles. The lowest BCUT2D eigenvalue weighted by Gasteiger charge is -2.02. The van der Waals surface area contributed by atoms with Crippen LogP contribution in [0.2, 0.25) is 0 Å². The summed E-state index contributed by atoms with van der Waals surface area (Å²) in [5, 5.41) is 10.3. The van der Waals surface area contributed by atoms with Gasteiger partial charge in [-0.05, 0) is 12.8 Å². The zero-order valence-electron chi connectivity index (χ0n) is 5.82. The number of fused-ring (bicyclic) bond motifs is 1. The highest BCUT2D eigenvalue weighted by molar-refractivity contribution is 4.99. The molecule has 0 aromatic carbocycles. The molecule has 2 rings (SSSR count). The molecule has 0 saturated heterocycles. The van der Waals surface area contributed by atoms with Gasteiger partial charge in [0.1, 0.15) is 0 Å². The fraction of sp³-hybridized carbons (Fsp3) is 1.00. The van der Waals surface area contributed by atoms with E-state index in [0.717, 1.165) is 12.8 Å². The largest absolute Gasteiger partial charge is 0.264 e. The van der Waals surface area contributed by atoms with Crippen molar-refractivity contribution < 1.29 is 4.92 Å². The van der Waals surface area contributed by atoms with Crippen LogP contribution in [0.3, 0.4) is 0 Å². The third-order valence-corrected chi connectivity index (χ3v) is 2.85. The van der Waals surface area contributed by atoms with E-state index in [4.69, 9.17) is 0 Å². The maximum atomic E-state index is 10.3. The predicted molar refractivity (Wildman–Crippen MR) is 36.2 cm³/mol. The first-order chi connectivity index (χ1) is 4.80. The van der Waals surface area contributed by atoms with Gasteiger partial charge in [0.2, 0.25) is 6.04 Å². The van der Waals surface area contributed by atoms with Crippen molar-refractivity contribution in [3.8, 4) is 0 Å². The van der Waals surface area contributed by atoms with Crippen molar-refractivity contribution in [3.63, 3.8) is 0 Å². The van der Waals surface area contributed by atoms with Crippen LogP contribution in [-0.2, 0) is 0 Å². The zero-order valence-corrected chi connectivity index (χ0v) is 5.82. The zero-order chi connectivity index (χ0) is 7.14. The quantitative estimate of drug-likeness (QED) is 0.409. The lowest BCUT2D eigenvalue weighted by molar-refractivity contribution is -0.501. The van der Waals surface area contributed by atoms with Crippen molar-refractivity contribution in [1.29, 1.82) is 0 Å². The minimum Gasteiger partial charge on any atom is -0.264 e. The molecule has 2 fully saturated rings. The smallest absolute Gasteiger partial charge is 0.219 e. The predicted octanol–water partition coefficient (Wildman–Crippen LogP) is 1.45. The second kappa shape index (κ2) is 1.94. The van der Waals surface area contributed by atoms with Crippen LogP contribution < -0.4 is 0 Å². The van der Waals surface area contributed by atoms with Gasteiger partial charge in [-0.2, -0.15) is 0 Å². The van der Waals surface area contributed by atoms with Crippen LogP contribution >= 0.6 is 0 Å². The Kier molecular flexibility index (Phi) is 1.19. The first-order valence-electron chi connectivity index (χ1n) is 3.94. The molecule has 2 aliphatic carbocycles. The minimum atomic E-state index is -0.150. The molecule has 0 spiro atoms. The van der Waals surface area contributed by atoms with E-state index in [0.29, 0.717) is 11.8 Å².